The number of hydrogen-bond acceptors (Lipinski definition) is 4. The van der Waals surface area contributed by atoms with Crippen LogP contribution in [0, 0.1) is 5.92 Å². The summed E-state index contributed by atoms with van der Waals surface area (Å²) < 4.78 is 1.66. The highest BCUT2D eigenvalue weighted by molar-refractivity contribution is 6.00. The molecule has 20 heavy (non-hydrogen) atoms. The fourth-order valence-electron chi connectivity index (χ4n) is 2.69. The van der Waals surface area contributed by atoms with Crippen molar-refractivity contribution in [3.8, 4) is 0 Å². The number of carbonyl (C=O) groups excluding carboxylic acids is 1. The van der Waals surface area contributed by atoms with Crippen molar-refractivity contribution in [3.63, 3.8) is 0 Å². The molecule has 2 atom stereocenters. The maximum atomic E-state index is 12.2. The third-order valence-corrected chi connectivity index (χ3v) is 3.98. The molecule has 6 nitrogen and oxygen atoms in total. The van der Waals surface area contributed by atoms with Crippen molar-refractivity contribution < 1.29 is 4.79 Å². The molecule has 0 aliphatic carbocycles. The van der Waals surface area contributed by atoms with Crippen molar-refractivity contribution in [1.82, 2.24) is 25.2 Å². The molecule has 0 bridgehead atoms. The van der Waals surface area contributed by atoms with Crippen LogP contribution in [-0.2, 0) is 0 Å². The van der Waals surface area contributed by atoms with Gasteiger partial charge in [-0.05, 0) is 25.3 Å². The Hall–Kier alpha value is -1.95. The first-order valence-electron chi connectivity index (χ1n) is 7.04. The van der Waals surface area contributed by atoms with Crippen molar-refractivity contribution in [1.29, 1.82) is 0 Å². The molecule has 0 radical (unpaired) electrons. The fourth-order valence-corrected chi connectivity index (χ4v) is 2.69. The lowest BCUT2D eigenvalue weighted by Gasteiger charge is -2.30. The second kappa shape index (κ2) is 5.58. The van der Waals surface area contributed by atoms with Crippen LogP contribution in [0.25, 0.3) is 5.52 Å². The Labute approximate surface area is 117 Å². The maximum Gasteiger partial charge on any atom is 0.255 e. The minimum atomic E-state index is -0.0902. The molecule has 0 spiro atoms. The molecule has 1 aliphatic rings. The zero-order valence-corrected chi connectivity index (χ0v) is 11.5. The lowest BCUT2D eigenvalue weighted by atomic mass is 9.93. The van der Waals surface area contributed by atoms with Crippen LogP contribution in [0.2, 0.25) is 0 Å². The summed E-state index contributed by atoms with van der Waals surface area (Å²) in [5.41, 5.74) is 1.30. The molecule has 2 aromatic rings. The van der Waals surface area contributed by atoms with Crippen molar-refractivity contribution in [2.75, 3.05) is 13.1 Å². The average Bonchev–Trinajstić information content (AvgIpc) is 2.90. The van der Waals surface area contributed by atoms with Gasteiger partial charge in [0.05, 0.1) is 23.5 Å². The molecule has 0 saturated carbocycles. The van der Waals surface area contributed by atoms with E-state index >= 15 is 0 Å². The van der Waals surface area contributed by atoms with E-state index in [-0.39, 0.29) is 5.91 Å². The number of aromatic nitrogens is 3. The fraction of sp³-hybridized carbons (Fsp3) is 0.500. The van der Waals surface area contributed by atoms with Crippen molar-refractivity contribution >= 4 is 11.4 Å². The standard InChI is InChI=1S/C14H19N5O/c1-10-3-2-4-16-12(10)8-17-14(20)11-7-18-19-6-5-15-9-13(11)19/h5-7,9-10,12,16H,2-4,8H2,1H3,(H,17,20). The van der Waals surface area contributed by atoms with E-state index in [0.717, 1.165) is 12.1 Å². The Balaban J connectivity index is 1.67. The van der Waals surface area contributed by atoms with Crippen LogP contribution in [0.3, 0.4) is 0 Å². The number of piperidine rings is 1. The van der Waals surface area contributed by atoms with E-state index in [2.05, 4.69) is 27.6 Å². The van der Waals surface area contributed by atoms with E-state index < -0.39 is 0 Å². The normalized spacial score (nSPS) is 22.9. The minimum Gasteiger partial charge on any atom is -0.350 e. The van der Waals surface area contributed by atoms with Crippen LogP contribution in [0.4, 0.5) is 0 Å². The minimum absolute atomic E-state index is 0.0902. The first-order valence-corrected chi connectivity index (χ1v) is 7.04. The molecular formula is C14H19N5O. The zero-order chi connectivity index (χ0) is 13.9. The van der Waals surface area contributed by atoms with E-state index in [4.69, 9.17) is 0 Å². The molecular weight excluding hydrogens is 254 g/mol. The largest absolute Gasteiger partial charge is 0.350 e. The summed E-state index contributed by atoms with van der Waals surface area (Å²) in [5, 5.41) is 10.6. The van der Waals surface area contributed by atoms with Gasteiger partial charge in [-0.1, -0.05) is 6.92 Å². The van der Waals surface area contributed by atoms with Crippen LogP contribution in [-0.4, -0.2) is 39.6 Å². The molecule has 2 N–H and O–H groups in total. The number of amides is 1. The van der Waals surface area contributed by atoms with Crippen LogP contribution >= 0.6 is 0 Å². The van der Waals surface area contributed by atoms with E-state index in [0.29, 0.717) is 24.1 Å². The Morgan fingerprint density at radius 2 is 2.45 bits per heavy atom. The number of nitrogens with one attached hydrogen (secondary N) is 2. The highest BCUT2D eigenvalue weighted by Gasteiger charge is 2.22. The smallest absolute Gasteiger partial charge is 0.255 e. The zero-order valence-electron chi connectivity index (χ0n) is 11.5. The van der Waals surface area contributed by atoms with Gasteiger partial charge in [-0.3, -0.25) is 9.78 Å². The molecule has 6 heteroatoms. The van der Waals surface area contributed by atoms with Gasteiger partial charge in [-0.15, -0.1) is 0 Å². The van der Waals surface area contributed by atoms with Gasteiger partial charge in [0.2, 0.25) is 0 Å². The maximum absolute atomic E-state index is 12.2. The van der Waals surface area contributed by atoms with E-state index in [1.807, 2.05) is 0 Å². The number of hydrogen-bond donors (Lipinski definition) is 2. The molecule has 1 aliphatic heterocycles. The average molecular weight is 273 g/mol. The molecule has 3 rings (SSSR count). The lowest BCUT2D eigenvalue weighted by Crippen LogP contribution is -2.47. The summed E-state index contributed by atoms with van der Waals surface area (Å²) in [6, 6.07) is 0.354. The lowest BCUT2D eigenvalue weighted by molar-refractivity contribution is 0.0945. The van der Waals surface area contributed by atoms with Crippen LogP contribution < -0.4 is 10.6 Å². The number of carbonyl (C=O) groups is 1. The second-order valence-electron chi connectivity index (χ2n) is 5.35. The monoisotopic (exact) mass is 273 g/mol. The van der Waals surface area contributed by atoms with Gasteiger partial charge < -0.3 is 10.6 Å². The van der Waals surface area contributed by atoms with Gasteiger partial charge in [-0.25, -0.2) is 4.52 Å². The molecule has 1 fully saturated rings. The van der Waals surface area contributed by atoms with Crippen LogP contribution in [0.15, 0.2) is 24.8 Å². The van der Waals surface area contributed by atoms with Gasteiger partial charge in [0.25, 0.3) is 5.91 Å². The predicted octanol–water partition coefficient (Wildman–Crippen LogP) is 0.847. The summed E-state index contributed by atoms with van der Waals surface area (Å²) in [7, 11) is 0. The molecule has 2 aromatic heterocycles. The third-order valence-electron chi connectivity index (χ3n) is 3.98. The van der Waals surface area contributed by atoms with Gasteiger partial charge in [0.1, 0.15) is 0 Å². The molecule has 1 saturated heterocycles. The predicted molar refractivity (Wildman–Crippen MR) is 75.5 cm³/mol. The topological polar surface area (TPSA) is 71.3 Å². The Morgan fingerprint density at radius 3 is 3.30 bits per heavy atom. The number of fused-ring (bicyclic) bond motifs is 1. The highest BCUT2D eigenvalue weighted by Crippen LogP contribution is 2.15. The van der Waals surface area contributed by atoms with E-state index in [1.54, 1.807) is 29.3 Å². The summed E-state index contributed by atoms with van der Waals surface area (Å²) in [4.78, 5) is 16.3. The summed E-state index contributed by atoms with van der Waals surface area (Å²) >= 11 is 0. The Kier molecular flexibility index (Phi) is 3.64. The number of nitrogens with zero attached hydrogens (tertiary/aromatic N) is 3. The summed E-state index contributed by atoms with van der Waals surface area (Å²) in [6.45, 7) is 3.91. The van der Waals surface area contributed by atoms with Gasteiger partial charge >= 0.3 is 0 Å². The van der Waals surface area contributed by atoms with Crippen LogP contribution in [0.1, 0.15) is 30.1 Å². The molecule has 3 heterocycles. The third kappa shape index (κ3) is 2.51. The SMILES string of the molecule is CC1CCCNC1CNC(=O)c1cnn2ccncc12. The summed E-state index contributed by atoms with van der Waals surface area (Å²) in [6.07, 6.45) is 9.05. The van der Waals surface area contributed by atoms with Gasteiger partial charge in [0.15, 0.2) is 0 Å². The molecule has 1 amide bonds. The first-order chi connectivity index (χ1) is 9.75. The molecule has 106 valence electrons. The Bertz CT molecular complexity index is 608. The second-order valence-corrected chi connectivity index (χ2v) is 5.35. The van der Waals surface area contributed by atoms with Crippen molar-refractivity contribution in [2.24, 2.45) is 5.92 Å². The first kappa shape index (κ1) is 13.1. The number of rotatable bonds is 3. The summed E-state index contributed by atoms with van der Waals surface area (Å²) in [5.74, 6) is 0.502. The van der Waals surface area contributed by atoms with Crippen molar-refractivity contribution in [2.45, 2.75) is 25.8 Å². The highest BCUT2D eigenvalue weighted by atomic mass is 16.1. The van der Waals surface area contributed by atoms with Crippen LogP contribution in [0.5, 0.6) is 0 Å². The van der Waals surface area contributed by atoms with Gasteiger partial charge in [0, 0.05) is 25.0 Å². The van der Waals surface area contributed by atoms with Gasteiger partial charge in [-0.2, -0.15) is 5.10 Å². The Morgan fingerprint density at radius 1 is 1.55 bits per heavy atom. The van der Waals surface area contributed by atoms with Crippen molar-refractivity contribution in [3.05, 3.63) is 30.4 Å². The quantitative estimate of drug-likeness (QED) is 0.869. The van der Waals surface area contributed by atoms with E-state index in [9.17, 15) is 4.79 Å². The van der Waals surface area contributed by atoms with E-state index in [1.165, 1.54) is 12.8 Å². The molecule has 0 aromatic carbocycles. The molecule has 2 unspecified atom stereocenters.